The van der Waals surface area contributed by atoms with Gasteiger partial charge in [0.05, 0.1) is 8.07 Å². The Balaban J connectivity index is 2.06. The summed E-state index contributed by atoms with van der Waals surface area (Å²) in [6, 6.07) is 33.6. The molecule has 0 aliphatic heterocycles. The molecule has 3 aromatic carbocycles. The zero-order valence-corrected chi connectivity index (χ0v) is 16.9. The molecule has 2 heteroatoms. The Bertz CT molecular complexity index is 725. The van der Waals surface area contributed by atoms with E-state index in [1.165, 1.54) is 5.67 Å². The van der Waals surface area contributed by atoms with Crippen molar-refractivity contribution in [3.63, 3.8) is 0 Å². The Labute approximate surface area is 148 Å². The zero-order valence-electron chi connectivity index (χ0n) is 14.9. The summed E-state index contributed by atoms with van der Waals surface area (Å²) in [7, 11) is -3.28. The van der Waals surface area contributed by atoms with Gasteiger partial charge in [0.2, 0.25) is 0 Å². The van der Waals surface area contributed by atoms with E-state index in [1.54, 1.807) is 15.6 Å². The van der Waals surface area contributed by atoms with Crippen LogP contribution in [0.4, 0.5) is 0 Å². The van der Waals surface area contributed by atoms with E-state index < -0.39 is 16.1 Å². The lowest BCUT2D eigenvalue weighted by Gasteiger charge is -2.36. The van der Waals surface area contributed by atoms with Gasteiger partial charge in [-0.05, 0) is 5.67 Å². The molecule has 122 valence electrons. The number of rotatable bonds is 5. The highest BCUT2D eigenvalue weighted by molar-refractivity contribution is 7.12. The van der Waals surface area contributed by atoms with Crippen LogP contribution in [0.1, 0.15) is 0 Å². The van der Waals surface area contributed by atoms with Crippen LogP contribution in [-0.2, 0) is 0 Å². The Kier molecular flexibility index (Phi) is 4.88. The standard InChI is InChI=1S/C22H26Si2/c1-23(2,20-13-7-4-8-14-20)19-24(3,21-15-9-5-10-16-21)22-17-11-6-12-18-22/h4-18H,19H2,1-3H3. The third-order valence-electron chi connectivity index (χ3n) is 5.17. The summed E-state index contributed by atoms with van der Waals surface area (Å²) in [5.41, 5.74) is 1.33. The van der Waals surface area contributed by atoms with Gasteiger partial charge in [-0.3, -0.25) is 0 Å². The van der Waals surface area contributed by atoms with Gasteiger partial charge in [0, 0.05) is 0 Å². The van der Waals surface area contributed by atoms with Gasteiger partial charge in [0.1, 0.15) is 8.07 Å². The van der Waals surface area contributed by atoms with Crippen molar-refractivity contribution < 1.29 is 0 Å². The van der Waals surface area contributed by atoms with E-state index in [0.717, 1.165) is 0 Å². The summed E-state index contributed by atoms with van der Waals surface area (Å²) < 4.78 is 0. The maximum Gasteiger partial charge on any atom is 0.113 e. The van der Waals surface area contributed by atoms with Crippen LogP contribution < -0.4 is 15.6 Å². The van der Waals surface area contributed by atoms with Crippen LogP contribution in [0.2, 0.25) is 25.3 Å². The summed E-state index contributed by atoms with van der Waals surface area (Å²) in [4.78, 5) is 0. The molecular weight excluding hydrogens is 320 g/mol. The molecule has 0 N–H and O–H groups in total. The average Bonchev–Trinajstić information content (AvgIpc) is 2.63. The second-order valence-electron chi connectivity index (χ2n) is 7.49. The largest absolute Gasteiger partial charge is 0.113 e. The van der Waals surface area contributed by atoms with Gasteiger partial charge >= 0.3 is 0 Å². The first-order valence-corrected chi connectivity index (χ1v) is 14.6. The van der Waals surface area contributed by atoms with Crippen LogP contribution in [0.25, 0.3) is 0 Å². The first-order valence-electron chi connectivity index (χ1n) is 8.69. The smallest absolute Gasteiger partial charge is 0.0656 e. The van der Waals surface area contributed by atoms with E-state index in [9.17, 15) is 0 Å². The Morgan fingerprint density at radius 1 is 0.500 bits per heavy atom. The van der Waals surface area contributed by atoms with Crippen molar-refractivity contribution in [2.24, 2.45) is 0 Å². The fourth-order valence-corrected chi connectivity index (χ4v) is 16.7. The van der Waals surface area contributed by atoms with Crippen LogP contribution >= 0.6 is 0 Å². The molecule has 0 amide bonds. The van der Waals surface area contributed by atoms with Crippen molar-refractivity contribution in [3.05, 3.63) is 91.0 Å². The third kappa shape index (κ3) is 3.45. The van der Waals surface area contributed by atoms with Crippen molar-refractivity contribution in [3.8, 4) is 0 Å². The topological polar surface area (TPSA) is 0 Å². The predicted octanol–water partition coefficient (Wildman–Crippen LogP) is 4.03. The van der Waals surface area contributed by atoms with E-state index >= 15 is 0 Å². The Hall–Kier alpha value is -1.91. The lowest BCUT2D eigenvalue weighted by Crippen LogP contribution is -2.62. The highest BCUT2D eigenvalue weighted by atomic mass is 28.4. The molecular formula is C22H26Si2. The third-order valence-corrected chi connectivity index (χ3v) is 16.6. The summed E-state index contributed by atoms with van der Waals surface area (Å²) in [5, 5.41) is 4.66. The maximum atomic E-state index is 2.55. The maximum absolute atomic E-state index is 2.55. The summed E-state index contributed by atoms with van der Waals surface area (Å²) >= 11 is 0. The Morgan fingerprint density at radius 2 is 0.833 bits per heavy atom. The number of hydrogen-bond donors (Lipinski definition) is 0. The van der Waals surface area contributed by atoms with E-state index in [0.29, 0.717) is 0 Å². The second-order valence-corrected chi connectivity index (χ2v) is 17.1. The highest BCUT2D eigenvalue weighted by Crippen LogP contribution is 2.20. The van der Waals surface area contributed by atoms with E-state index in [2.05, 4.69) is 111 Å². The molecule has 0 heterocycles. The van der Waals surface area contributed by atoms with Gasteiger partial charge in [-0.1, -0.05) is 126 Å². The molecule has 0 fully saturated rings. The molecule has 3 rings (SSSR count). The molecule has 0 saturated heterocycles. The Morgan fingerprint density at radius 3 is 1.21 bits per heavy atom. The second kappa shape index (κ2) is 6.92. The molecule has 0 radical (unpaired) electrons. The van der Waals surface area contributed by atoms with E-state index in [4.69, 9.17) is 0 Å². The summed E-state index contributed by atoms with van der Waals surface area (Å²) in [6.07, 6.45) is 0. The molecule has 0 aliphatic rings. The highest BCUT2D eigenvalue weighted by Gasteiger charge is 2.39. The first kappa shape index (κ1) is 16.9. The van der Waals surface area contributed by atoms with Crippen molar-refractivity contribution in [1.29, 1.82) is 0 Å². The summed E-state index contributed by atoms with van der Waals surface area (Å²) in [6.45, 7) is 7.61. The molecule has 0 spiro atoms. The van der Waals surface area contributed by atoms with Crippen molar-refractivity contribution in [1.82, 2.24) is 0 Å². The lowest BCUT2D eigenvalue weighted by molar-refractivity contribution is 1.56. The molecule has 0 aromatic heterocycles. The van der Waals surface area contributed by atoms with Gasteiger partial charge in [0.25, 0.3) is 0 Å². The normalized spacial score (nSPS) is 12.1. The van der Waals surface area contributed by atoms with Gasteiger partial charge in [0.15, 0.2) is 0 Å². The van der Waals surface area contributed by atoms with Gasteiger partial charge < -0.3 is 0 Å². The molecule has 24 heavy (non-hydrogen) atoms. The first-order chi connectivity index (χ1) is 11.5. The molecule has 0 bridgehead atoms. The summed E-state index contributed by atoms with van der Waals surface area (Å²) in [5.74, 6) is 0. The van der Waals surface area contributed by atoms with Crippen LogP contribution in [0.15, 0.2) is 91.0 Å². The lowest BCUT2D eigenvalue weighted by atomic mass is 10.4. The predicted molar refractivity (Wildman–Crippen MR) is 112 cm³/mol. The fraction of sp³-hybridized carbons (Fsp3) is 0.182. The minimum Gasteiger partial charge on any atom is -0.0656 e. The zero-order chi connectivity index (χ0) is 17.0. The van der Waals surface area contributed by atoms with Crippen LogP contribution in [0.5, 0.6) is 0 Å². The molecule has 0 nitrogen and oxygen atoms in total. The minimum absolute atomic E-state index is 1.33. The quantitative estimate of drug-likeness (QED) is 0.612. The minimum atomic E-state index is -1.76. The van der Waals surface area contributed by atoms with E-state index in [1.807, 2.05) is 0 Å². The van der Waals surface area contributed by atoms with Crippen LogP contribution in [0, 0.1) is 0 Å². The molecule has 3 aromatic rings. The monoisotopic (exact) mass is 346 g/mol. The van der Waals surface area contributed by atoms with Crippen molar-refractivity contribution >= 4 is 31.7 Å². The van der Waals surface area contributed by atoms with Crippen LogP contribution in [0.3, 0.4) is 0 Å². The average molecular weight is 347 g/mol. The van der Waals surface area contributed by atoms with E-state index in [-0.39, 0.29) is 0 Å². The van der Waals surface area contributed by atoms with Gasteiger partial charge in [-0.2, -0.15) is 0 Å². The van der Waals surface area contributed by atoms with Gasteiger partial charge in [-0.15, -0.1) is 0 Å². The number of hydrogen-bond acceptors (Lipinski definition) is 0. The van der Waals surface area contributed by atoms with Gasteiger partial charge in [-0.25, -0.2) is 0 Å². The SMILES string of the molecule is C[Si](C)(C[Si](C)(c1ccccc1)c1ccccc1)c1ccccc1. The van der Waals surface area contributed by atoms with Crippen molar-refractivity contribution in [2.45, 2.75) is 25.3 Å². The molecule has 0 saturated carbocycles. The van der Waals surface area contributed by atoms with Crippen molar-refractivity contribution in [2.75, 3.05) is 0 Å². The fourth-order valence-electron chi connectivity index (χ4n) is 3.86. The molecule has 0 aliphatic carbocycles. The molecule has 0 atom stereocenters. The molecule has 0 unspecified atom stereocenters. The number of benzene rings is 3. The van der Waals surface area contributed by atoms with Crippen LogP contribution in [-0.4, -0.2) is 16.1 Å².